The van der Waals surface area contributed by atoms with Crippen LogP contribution in [0.25, 0.3) is 0 Å². The van der Waals surface area contributed by atoms with Crippen LogP contribution in [-0.2, 0) is 21.4 Å². The van der Waals surface area contributed by atoms with E-state index in [0.717, 1.165) is 42.5 Å². The molecule has 8 heteroatoms. The molecule has 5 nitrogen and oxygen atoms in total. The van der Waals surface area contributed by atoms with Crippen molar-refractivity contribution in [2.75, 3.05) is 19.6 Å². The third-order valence-electron chi connectivity index (χ3n) is 7.58. The third kappa shape index (κ3) is 4.62. The summed E-state index contributed by atoms with van der Waals surface area (Å²) in [5, 5.41) is 6.03. The first kappa shape index (κ1) is 23.4. The molecule has 0 spiro atoms. The second kappa shape index (κ2) is 9.38. The largest absolute Gasteiger partial charge is 0.350 e. The Labute approximate surface area is 206 Å². The highest BCUT2D eigenvalue weighted by Crippen LogP contribution is 2.50. The van der Waals surface area contributed by atoms with Crippen molar-refractivity contribution in [2.45, 2.75) is 49.6 Å². The Morgan fingerprint density at radius 3 is 2.26 bits per heavy atom. The normalized spacial score (nSPS) is 25.4. The van der Waals surface area contributed by atoms with Crippen LogP contribution in [0.2, 0.25) is 0 Å². The molecule has 2 aromatic rings. The molecule has 3 saturated heterocycles. The summed E-state index contributed by atoms with van der Waals surface area (Å²) < 4.78 is 29.9. The topological polar surface area (TPSA) is 61.4 Å². The van der Waals surface area contributed by atoms with Crippen molar-refractivity contribution in [1.29, 1.82) is 0 Å². The number of fused-ring (bicyclic) bond motifs is 3. The number of nitrogens with zero attached hydrogens (tertiary/aromatic N) is 1. The number of carbonyl (C=O) groups excluding carboxylic acids is 2. The van der Waals surface area contributed by atoms with E-state index < -0.39 is 29.0 Å². The lowest BCUT2D eigenvalue weighted by Crippen LogP contribution is -2.60. The molecule has 2 bridgehead atoms. The highest BCUT2D eigenvalue weighted by Gasteiger charge is 2.55. The quantitative estimate of drug-likeness (QED) is 0.572. The highest BCUT2D eigenvalue weighted by atomic mass is 79.9. The average Bonchev–Trinajstić information content (AvgIpc) is 3.62. The minimum Gasteiger partial charge on any atom is -0.350 e. The monoisotopic (exact) mass is 531 g/mol. The van der Waals surface area contributed by atoms with Gasteiger partial charge in [0, 0.05) is 29.0 Å². The van der Waals surface area contributed by atoms with Crippen LogP contribution in [-0.4, -0.2) is 48.4 Å². The fourth-order valence-electron chi connectivity index (χ4n) is 5.44. The van der Waals surface area contributed by atoms with Crippen LogP contribution in [0.15, 0.2) is 46.9 Å². The van der Waals surface area contributed by atoms with Crippen LogP contribution in [0.4, 0.5) is 8.78 Å². The molecule has 3 aliphatic heterocycles. The first-order valence-electron chi connectivity index (χ1n) is 11.9. The van der Waals surface area contributed by atoms with E-state index in [2.05, 4.69) is 31.5 Å². The summed E-state index contributed by atoms with van der Waals surface area (Å²) in [6.07, 6.45) is 3.11. The van der Waals surface area contributed by atoms with Gasteiger partial charge in [-0.2, -0.15) is 0 Å². The Bertz CT molecular complexity index is 1060. The van der Waals surface area contributed by atoms with Crippen LogP contribution >= 0.6 is 15.9 Å². The van der Waals surface area contributed by atoms with Gasteiger partial charge in [-0.1, -0.05) is 34.1 Å². The summed E-state index contributed by atoms with van der Waals surface area (Å²) in [6.45, 7) is 2.94. The van der Waals surface area contributed by atoms with E-state index in [4.69, 9.17) is 0 Å². The molecule has 2 atom stereocenters. The fourth-order valence-corrected chi connectivity index (χ4v) is 5.71. The van der Waals surface area contributed by atoms with E-state index in [1.807, 2.05) is 24.3 Å². The van der Waals surface area contributed by atoms with Crippen molar-refractivity contribution in [3.8, 4) is 0 Å². The standard InChI is InChI=1S/C26H28BrF2N3O2/c27-18-6-4-16(5-7-18)14-21(24(33)30-22-15-32-12-8-17(22)9-13-32)31-25(34)26(10-11-26)23-19(28)2-1-3-20(23)29/h1-7,17,21-22H,8-15H2,(H,30,33)(H,31,34)/t21-,22+/m0/s1. The molecule has 1 saturated carbocycles. The van der Waals surface area contributed by atoms with Crippen LogP contribution < -0.4 is 10.6 Å². The average molecular weight is 532 g/mol. The SMILES string of the molecule is O=C(N[C@@H]1CN2CCC1CC2)[C@H](Cc1ccc(Br)cc1)NC(=O)C1(c2c(F)cccc2F)CC1. The summed E-state index contributed by atoms with van der Waals surface area (Å²) in [6, 6.07) is 10.4. The molecular weight excluding hydrogens is 504 g/mol. The predicted octanol–water partition coefficient (Wildman–Crippen LogP) is 3.70. The van der Waals surface area contributed by atoms with Gasteiger partial charge in [0.15, 0.2) is 0 Å². The zero-order valence-corrected chi connectivity index (χ0v) is 20.4. The Hall–Kier alpha value is -2.32. The minimum atomic E-state index is -1.26. The molecule has 2 N–H and O–H groups in total. The second-order valence-corrected chi connectivity index (χ2v) is 10.7. The number of hydrogen-bond acceptors (Lipinski definition) is 3. The Kier molecular flexibility index (Phi) is 6.46. The van der Waals surface area contributed by atoms with Crippen LogP contribution in [0.3, 0.4) is 0 Å². The number of benzene rings is 2. The number of rotatable bonds is 7. The molecule has 2 aromatic carbocycles. The van der Waals surface area contributed by atoms with E-state index in [-0.39, 0.29) is 17.5 Å². The van der Waals surface area contributed by atoms with E-state index in [9.17, 15) is 18.4 Å². The smallest absolute Gasteiger partial charge is 0.243 e. The first-order chi connectivity index (χ1) is 16.4. The maximum Gasteiger partial charge on any atom is 0.243 e. The molecule has 4 fully saturated rings. The third-order valence-corrected chi connectivity index (χ3v) is 8.11. The Morgan fingerprint density at radius 2 is 1.71 bits per heavy atom. The predicted molar refractivity (Wildman–Crippen MR) is 128 cm³/mol. The van der Waals surface area contributed by atoms with Crippen LogP contribution in [0, 0.1) is 17.6 Å². The van der Waals surface area contributed by atoms with Gasteiger partial charge in [0.05, 0.1) is 5.41 Å². The van der Waals surface area contributed by atoms with Gasteiger partial charge in [-0.25, -0.2) is 8.78 Å². The summed E-state index contributed by atoms with van der Waals surface area (Å²) in [4.78, 5) is 29.1. The lowest BCUT2D eigenvalue weighted by atomic mass is 9.84. The number of carbonyl (C=O) groups is 2. The number of halogens is 3. The second-order valence-electron chi connectivity index (χ2n) is 9.79. The van der Waals surface area contributed by atoms with Gasteiger partial charge < -0.3 is 15.5 Å². The van der Waals surface area contributed by atoms with E-state index in [1.165, 1.54) is 18.2 Å². The zero-order chi connectivity index (χ0) is 23.9. The number of hydrogen-bond donors (Lipinski definition) is 2. The van der Waals surface area contributed by atoms with Crippen molar-refractivity contribution in [2.24, 2.45) is 5.92 Å². The lowest BCUT2D eigenvalue weighted by molar-refractivity contribution is -0.131. The molecule has 0 radical (unpaired) electrons. The van der Waals surface area contributed by atoms with Gasteiger partial charge in [0.1, 0.15) is 17.7 Å². The van der Waals surface area contributed by atoms with E-state index in [0.29, 0.717) is 25.2 Å². The minimum absolute atomic E-state index is 0.0539. The molecule has 0 aromatic heterocycles. The van der Waals surface area contributed by atoms with Gasteiger partial charge in [-0.3, -0.25) is 9.59 Å². The van der Waals surface area contributed by atoms with Crippen molar-refractivity contribution in [3.63, 3.8) is 0 Å². The van der Waals surface area contributed by atoms with Gasteiger partial charge in [-0.15, -0.1) is 0 Å². The van der Waals surface area contributed by atoms with Gasteiger partial charge in [-0.05, 0) is 74.5 Å². The maximum atomic E-state index is 14.5. The summed E-state index contributed by atoms with van der Waals surface area (Å²) in [5.41, 5.74) is -0.573. The molecule has 0 unspecified atom stereocenters. The first-order valence-corrected chi connectivity index (χ1v) is 12.7. The van der Waals surface area contributed by atoms with E-state index >= 15 is 0 Å². The van der Waals surface area contributed by atoms with Crippen LogP contribution in [0.5, 0.6) is 0 Å². The van der Waals surface area contributed by atoms with Crippen molar-refractivity contribution >= 4 is 27.7 Å². The summed E-state index contributed by atoms with van der Waals surface area (Å²) >= 11 is 3.41. The fraction of sp³-hybridized carbons (Fsp3) is 0.462. The molecule has 4 aliphatic rings. The molecule has 2 amide bonds. The lowest BCUT2D eigenvalue weighted by Gasteiger charge is -2.45. The number of amides is 2. The highest BCUT2D eigenvalue weighted by molar-refractivity contribution is 9.10. The Balaban J connectivity index is 1.36. The summed E-state index contributed by atoms with van der Waals surface area (Å²) in [5.74, 6) is -1.76. The zero-order valence-electron chi connectivity index (χ0n) is 18.8. The molecule has 6 rings (SSSR count). The Morgan fingerprint density at radius 1 is 1.06 bits per heavy atom. The van der Waals surface area contributed by atoms with Crippen molar-refractivity contribution in [1.82, 2.24) is 15.5 Å². The van der Waals surface area contributed by atoms with Crippen molar-refractivity contribution < 1.29 is 18.4 Å². The molecular formula is C26H28BrF2N3O2. The summed E-state index contributed by atoms with van der Waals surface area (Å²) in [7, 11) is 0. The molecule has 180 valence electrons. The van der Waals surface area contributed by atoms with Gasteiger partial charge in [0.25, 0.3) is 0 Å². The van der Waals surface area contributed by atoms with Gasteiger partial charge in [0.2, 0.25) is 11.8 Å². The molecule has 3 heterocycles. The maximum absolute atomic E-state index is 14.5. The van der Waals surface area contributed by atoms with Crippen molar-refractivity contribution in [3.05, 3.63) is 69.7 Å². The van der Waals surface area contributed by atoms with E-state index in [1.54, 1.807) is 0 Å². The van der Waals surface area contributed by atoms with Crippen LogP contribution in [0.1, 0.15) is 36.8 Å². The number of nitrogens with one attached hydrogen (secondary N) is 2. The molecule has 1 aliphatic carbocycles. The number of piperidine rings is 3. The molecule has 34 heavy (non-hydrogen) atoms. The van der Waals surface area contributed by atoms with Gasteiger partial charge >= 0.3 is 0 Å².